The lowest BCUT2D eigenvalue weighted by atomic mass is 10.3. The lowest BCUT2D eigenvalue weighted by Gasteiger charge is -1.99. The van der Waals surface area contributed by atoms with Crippen molar-refractivity contribution in [3.05, 3.63) is 54.1 Å². The second-order valence-electron chi connectivity index (χ2n) is 3.28. The summed E-state index contributed by atoms with van der Waals surface area (Å²) in [6.45, 7) is -0.00878. The highest BCUT2D eigenvalue weighted by Crippen LogP contribution is 2.10. The van der Waals surface area contributed by atoms with Crippen molar-refractivity contribution in [1.29, 1.82) is 0 Å². The normalized spacial score (nSPS) is 11.1. The van der Waals surface area contributed by atoms with Crippen molar-refractivity contribution in [2.45, 2.75) is 0 Å². The third-order valence-corrected chi connectivity index (χ3v) is 2.09. The van der Waals surface area contributed by atoms with Crippen LogP contribution < -0.4 is 0 Å². The quantitative estimate of drug-likeness (QED) is 0.855. The number of hydrogen-bond donors (Lipinski definition) is 1. The molecule has 1 aromatic heterocycles. The fraction of sp³-hybridized carbons (Fsp3) is 0.0833. The van der Waals surface area contributed by atoms with Gasteiger partial charge in [0.25, 0.3) is 0 Å². The van der Waals surface area contributed by atoms with Crippen LogP contribution in [0.25, 0.3) is 11.8 Å². The number of aliphatic hydroxyl groups excluding tert-OH is 1. The Morgan fingerprint density at radius 3 is 3.06 bits per heavy atom. The topological polar surface area (TPSA) is 38.1 Å². The Labute approximate surface area is 92.5 Å². The molecule has 1 heterocycles. The van der Waals surface area contributed by atoms with E-state index < -0.39 is 0 Å². The van der Waals surface area contributed by atoms with Crippen molar-refractivity contribution in [1.82, 2.24) is 9.78 Å². The Hall–Kier alpha value is -1.94. The highest BCUT2D eigenvalue weighted by Gasteiger charge is 1.99. The highest BCUT2D eigenvalue weighted by atomic mass is 19.1. The number of aliphatic hydroxyl groups is 1. The van der Waals surface area contributed by atoms with Crippen LogP contribution in [-0.4, -0.2) is 21.5 Å². The van der Waals surface area contributed by atoms with E-state index in [0.717, 1.165) is 5.56 Å². The van der Waals surface area contributed by atoms with Gasteiger partial charge in [0.15, 0.2) is 0 Å². The monoisotopic (exact) mass is 218 g/mol. The van der Waals surface area contributed by atoms with E-state index >= 15 is 0 Å². The zero-order valence-corrected chi connectivity index (χ0v) is 8.55. The molecule has 0 aliphatic carbocycles. The van der Waals surface area contributed by atoms with Crippen LogP contribution in [0.5, 0.6) is 0 Å². The van der Waals surface area contributed by atoms with E-state index in [1.165, 1.54) is 12.1 Å². The SMILES string of the molecule is OCC=Cc1cnn(-c2cccc(F)c2)c1. The molecule has 0 unspecified atom stereocenters. The summed E-state index contributed by atoms with van der Waals surface area (Å²) in [6.07, 6.45) is 6.79. The molecule has 2 rings (SSSR count). The summed E-state index contributed by atoms with van der Waals surface area (Å²) in [5.74, 6) is -0.291. The molecule has 0 aliphatic rings. The summed E-state index contributed by atoms with van der Waals surface area (Å²) < 4.78 is 14.6. The molecule has 4 heteroatoms. The molecule has 0 spiro atoms. The molecule has 0 fully saturated rings. The molecule has 2 aromatic rings. The Kier molecular flexibility index (Phi) is 3.12. The number of nitrogens with zero attached hydrogens (tertiary/aromatic N) is 2. The molecule has 0 amide bonds. The van der Waals surface area contributed by atoms with Gasteiger partial charge in [-0.2, -0.15) is 5.10 Å². The molecule has 82 valence electrons. The van der Waals surface area contributed by atoms with E-state index in [4.69, 9.17) is 5.11 Å². The van der Waals surface area contributed by atoms with Crippen molar-refractivity contribution in [3.8, 4) is 5.69 Å². The summed E-state index contributed by atoms with van der Waals surface area (Å²) in [4.78, 5) is 0. The molecule has 0 radical (unpaired) electrons. The first-order valence-electron chi connectivity index (χ1n) is 4.87. The van der Waals surface area contributed by atoms with Crippen LogP contribution in [0, 0.1) is 5.82 Å². The number of rotatable bonds is 3. The molecule has 0 saturated carbocycles. The van der Waals surface area contributed by atoms with Gasteiger partial charge in [0, 0.05) is 11.8 Å². The third-order valence-electron chi connectivity index (χ3n) is 2.09. The lowest BCUT2D eigenvalue weighted by molar-refractivity contribution is 0.343. The Morgan fingerprint density at radius 2 is 2.31 bits per heavy atom. The van der Waals surface area contributed by atoms with Crippen molar-refractivity contribution >= 4 is 6.08 Å². The van der Waals surface area contributed by atoms with Crippen LogP contribution in [-0.2, 0) is 0 Å². The Morgan fingerprint density at radius 1 is 1.44 bits per heavy atom. The van der Waals surface area contributed by atoms with Crippen LogP contribution in [0.2, 0.25) is 0 Å². The van der Waals surface area contributed by atoms with Gasteiger partial charge in [-0.1, -0.05) is 18.2 Å². The van der Waals surface area contributed by atoms with Crippen LogP contribution >= 0.6 is 0 Å². The van der Waals surface area contributed by atoms with Gasteiger partial charge < -0.3 is 5.11 Å². The number of hydrogen-bond acceptors (Lipinski definition) is 2. The lowest BCUT2D eigenvalue weighted by Crippen LogP contribution is -1.93. The molecular formula is C12H11FN2O. The minimum Gasteiger partial charge on any atom is -0.392 e. The molecule has 0 bridgehead atoms. The van der Waals surface area contributed by atoms with Gasteiger partial charge in [0.05, 0.1) is 18.5 Å². The first-order valence-corrected chi connectivity index (χ1v) is 4.87. The van der Waals surface area contributed by atoms with Crippen molar-refractivity contribution in [3.63, 3.8) is 0 Å². The van der Waals surface area contributed by atoms with E-state index in [-0.39, 0.29) is 12.4 Å². The van der Waals surface area contributed by atoms with Gasteiger partial charge in [-0.05, 0) is 18.2 Å². The van der Waals surface area contributed by atoms with E-state index in [9.17, 15) is 4.39 Å². The summed E-state index contributed by atoms with van der Waals surface area (Å²) >= 11 is 0. The maximum atomic E-state index is 13.0. The van der Waals surface area contributed by atoms with Crippen LogP contribution in [0.3, 0.4) is 0 Å². The van der Waals surface area contributed by atoms with Crippen molar-refractivity contribution < 1.29 is 9.50 Å². The fourth-order valence-electron chi connectivity index (χ4n) is 1.37. The Balaban J connectivity index is 2.28. The maximum Gasteiger partial charge on any atom is 0.125 e. The minimum absolute atomic E-state index is 0.00878. The molecule has 3 nitrogen and oxygen atoms in total. The summed E-state index contributed by atoms with van der Waals surface area (Å²) in [7, 11) is 0. The molecule has 0 saturated heterocycles. The second-order valence-corrected chi connectivity index (χ2v) is 3.28. The van der Waals surface area contributed by atoms with Crippen LogP contribution in [0.1, 0.15) is 5.56 Å². The third kappa shape index (κ3) is 2.35. The van der Waals surface area contributed by atoms with E-state index in [0.29, 0.717) is 5.69 Å². The zero-order chi connectivity index (χ0) is 11.4. The Bertz CT molecular complexity index is 505. The van der Waals surface area contributed by atoms with Gasteiger partial charge >= 0.3 is 0 Å². The van der Waals surface area contributed by atoms with Crippen LogP contribution in [0.15, 0.2) is 42.7 Å². The van der Waals surface area contributed by atoms with Gasteiger partial charge in [-0.25, -0.2) is 9.07 Å². The highest BCUT2D eigenvalue weighted by molar-refractivity contribution is 5.48. The molecule has 0 atom stereocenters. The first kappa shape index (κ1) is 10.6. The molecule has 16 heavy (non-hydrogen) atoms. The minimum atomic E-state index is -0.291. The second kappa shape index (κ2) is 4.72. The fourth-order valence-corrected chi connectivity index (χ4v) is 1.37. The molecular weight excluding hydrogens is 207 g/mol. The van der Waals surface area contributed by atoms with E-state index in [2.05, 4.69) is 5.10 Å². The summed E-state index contributed by atoms with van der Waals surface area (Å²) in [6, 6.07) is 6.21. The predicted octanol–water partition coefficient (Wildman–Crippen LogP) is 2.02. The summed E-state index contributed by atoms with van der Waals surface area (Å²) in [5, 5.41) is 12.7. The van der Waals surface area contributed by atoms with Gasteiger partial charge in [0.2, 0.25) is 0 Å². The van der Waals surface area contributed by atoms with Gasteiger partial charge in [-0.15, -0.1) is 0 Å². The van der Waals surface area contributed by atoms with Crippen molar-refractivity contribution in [2.24, 2.45) is 0 Å². The predicted molar refractivity (Wildman–Crippen MR) is 59.6 cm³/mol. The molecule has 0 aliphatic heterocycles. The number of benzene rings is 1. The number of aromatic nitrogens is 2. The molecule has 1 N–H and O–H groups in total. The van der Waals surface area contributed by atoms with Crippen LogP contribution in [0.4, 0.5) is 4.39 Å². The largest absolute Gasteiger partial charge is 0.392 e. The van der Waals surface area contributed by atoms with Gasteiger partial charge in [0.1, 0.15) is 5.82 Å². The zero-order valence-electron chi connectivity index (χ0n) is 8.55. The summed E-state index contributed by atoms with van der Waals surface area (Å²) in [5.41, 5.74) is 1.53. The van der Waals surface area contributed by atoms with E-state index in [1.54, 1.807) is 41.4 Å². The molecule has 1 aromatic carbocycles. The van der Waals surface area contributed by atoms with Gasteiger partial charge in [-0.3, -0.25) is 0 Å². The number of halogens is 1. The van der Waals surface area contributed by atoms with Crippen molar-refractivity contribution in [2.75, 3.05) is 6.61 Å². The first-order chi connectivity index (χ1) is 7.79. The maximum absolute atomic E-state index is 13.0. The van der Waals surface area contributed by atoms with E-state index in [1.807, 2.05) is 0 Å². The average Bonchev–Trinajstić information content (AvgIpc) is 2.75. The standard InChI is InChI=1S/C12H11FN2O/c13-11-4-1-5-12(7-11)15-9-10(8-14-15)3-2-6-16/h1-5,7-9,16H,6H2. The average molecular weight is 218 g/mol. The smallest absolute Gasteiger partial charge is 0.125 e.